The van der Waals surface area contributed by atoms with Crippen LogP contribution in [0.5, 0.6) is 0 Å². The minimum Gasteiger partial charge on any atom is -0.399 e. The van der Waals surface area contributed by atoms with Crippen molar-refractivity contribution in [3.63, 3.8) is 0 Å². The number of hydrogen-bond donors (Lipinski definition) is 2. The van der Waals surface area contributed by atoms with Crippen molar-refractivity contribution in [2.24, 2.45) is 0 Å². The van der Waals surface area contributed by atoms with Crippen molar-refractivity contribution < 1.29 is 0 Å². The lowest BCUT2D eigenvalue weighted by molar-refractivity contribution is 1.47. The number of anilines is 2. The predicted octanol–water partition coefficient (Wildman–Crippen LogP) is 3.25. The molecule has 0 heterocycles. The first-order valence-corrected chi connectivity index (χ1v) is 4.89. The fourth-order valence-corrected chi connectivity index (χ4v) is 1.58. The summed E-state index contributed by atoms with van der Waals surface area (Å²) in [6, 6.07) is 13.9. The maximum Gasteiger partial charge on any atom is 0.0414 e. The van der Waals surface area contributed by atoms with Crippen LogP contribution in [0.3, 0.4) is 0 Å². The molecule has 0 saturated heterocycles. The maximum absolute atomic E-state index is 5.91. The van der Waals surface area contributed by atoms with Gasteiger partial charge in [-0.25, -0.2) is 0 Å². The molecule has 3 heteroatoms. The van der Waals surface area contributed by atoms with Crippen molar-refractivity contribution in [1.82, 2.24) is 0 Å². The third-order valence-electron chi connectivity index (χ3n) is 2.44. The Balaban J connectivity index is 0.00000128. The SMILES string of the molecule is Cc1ccc(-c2ccc(N)cc2N)cc1.Cl. The Hall–Kier alpha value is -1.67. The van der Waals surface area contributed by atoms with Crippen molar-refractivity contribution in [3.8, 4) is 11.1 Å². The fourth-order valence-electron chi connectivity index (χ4n) is 1.58. The largest absolute Gasteiger partial charge is 0.399 e. The summed E-state index contributed by atoms with van der Waals surface area (Å²) in [6.45, 7) is 2.07. The molecule has 84 valence electrons. The molecule has 0 aliphatic rings. The van der Waals surface area contributed by atoms with Crippen LogP contribution >= 0.6 is 12.4 Å². The summed E-state index contributed by atoms with van der Waals surface area (Å²) in [5.41, 5.74) is 16.4. The number of aryl methyl sites for hydroxylation is 1. The van der Waals surface area contributed by atoms with Gasteiger partial charge in [-0.05, 0) is 24.6 Å². The highest BCUT2D eigenvalue weighted by Gasteiger charge is 2.01. The Morgan fingerprint density at radius 2 is 1.50 bits per heavy atom. The summed E-state index contributed by atoms with van der Waals surface area (Å²) in [7, 11) is 0. The number of nitrogen functional groups attached to an aromatic ring is 2. The molecule has 0 aliphatic heterocycles. The number of halogens is 1. The molecule has 0 atom stereocenters. The first-order valence-electron chi connectivity index (χ1n) is 4.89. The van der Waals surface area contributed by atoms with Crippen molar-refractivity contribution in [2.75, 3.05) is 11.5 Å². The Morgan fingerprint density at radius 1 is 0.875 bits per heavy atom. The van der Waals surface area contributed by atoms with Crippen LogP contribution in [0.4, 0.5) is 11.4 Å². The van der Waals surface area contributed by atoms with E-state index in [4.69, 9.17) is 11.5 Å². The van der Waals surface area contributed by atoms with Gasteiger partial charge in [0.15, 0.2) is 0 Å². The van der Waals surface area contributed by atoms with Crippen molar-refractivity contribution in [1.29, 1.82) is 0 Å². The molecule has 0 aliphatic carbocycles. The van der Waals surface area contributed by atoms with Crippen LogP contribution in [-0.2, 0) is 0 Å². The van der Waals surface area contributed by atoms with E-state index in [0.717, 1.165) is 16.8 Å². The van der Waals surface area contributed by atoms with Crippen molar-refractivity contribution in [3.05, 3.63) is 48.0 Å². The van der Waals surface area contributed by atoms with Gasteiger partial charge in [0, 0.05) is 16.9 Å². The second-order valence-electron chi connectivity index (χ2n) is 3.71. The first-order chi connectivity index (χ1) is 7.16. The van der Waals surface area contributed by atoms with Crippen LogP contribution in [0.2, 0.25) is 0 Å². The Morgan fingerprint density at radius 3 is 2.06 bits per heavy atom. The van der Waals surface area contributed by atoms with Crippen LogP contribution in [0.25, 0.3) is 11.1 Å². The Kier molecular flexibility index (Phi) is 3.80. The average molecular weight is 235 g/mol. The molecule has 0 aromatic heterocycles. The van der Waals surface area contributed by atoms with Crippen LogP contribution in [-0.4, -0.2) is 0 Å². The Bertz CT molecular complexity index is 478. The minimum atomic E-state index is 0. The van der Waals surface area contributed by atoms with E-state index in [1.807, 2.05) is 12.1 Å². The molecule has 0 amide bonds. The lowest BCUT2D eigenvalue weighted by Gasteiger charge is -2.06. The zero-order valence-corrected chi connectivity index (χ0v) is 9.92. The maximum atomic E-state index is 5.91. The third-order valence-corrected chi connectivity index (χ3v) is 2.44. The van der Waals surface area contributed by atoms with Crippen molar-refractivity contribution in [2.45, 2.75) is 6.92 Å². The quantitative estimate of drug-likeness (QED) is 0.745. The second kappa shape index (κ2) is 4.90. The van der Waals surface area contributed by atoms with E-state index in [1.54, 1.807) is 6.07 Å². The summed E-state index contributed by atoms with van der Waals surface area (Å²) in [6.07, 6.45) is 0. The number of nitrogens with two attached hydrogens (primary N) is 2. The molecular weight excluding hydrogens is 220 g/mol. The predicted molar refractivity (Wildman–Crippen MR) is 72.7 cm³/mol. The monoisotopic (exact) mass is 234 g/mol. The molecule has 0 saturated carbocycles. The smallest absolute Gasteiger partial charge is 0.0414 e. The zero-order valence-electron chi connectivity index (χ0n) is 9.10. The summed E-state index contributed by atoms with van der Waals surface area (Å²) < 4.78 is 0. The summed E-state index contributed by atoms with van der Waals surface area (Å²) in [4.78, 5) is 0. The molecule has 2 aromatic rings. The topological polar surface area (TPSA) is 52.0 Å². The van der Waals surface area contributed by atoms with Gasteiger partial charge in [0.1, 0.15) is 0 Å². The molecule has 0 fully saturated rings. The second-order valence-corrected chi connectivity index (χ2v) is 3.71. The fraction of sp³-hybridized carbons (Fsp3) is 0.0769. The number of rotatable bonds is 1. The highest BCUT2D eigenvalue weighted by Crippen LogP contribution is 2.27. The summed E-state index contributed by atoms with van der Waals surface area (Å²) in [5.74, 6) is 0. The molecule has 2 rings (SSSR count). The molecule has 0 radical (unpaired) electrons. The van der Waals surface area contributed by atoms with E-state index < -0.39 is 0 Å². The Labute approximate surface area is 102 Å². The first kappa shape index (κ1) is 12.4. The highest BCUT2D eigenvalue weighted by molar-refractivity contribution is 5.85. The highest BCUT2D eigenvalue weighted by atomic mass is 35.5. The van der Waals surface area contributed by atoms with E-state index >= 15 is 0 Å². The van der Waals surface area contributed by atoms with E-state index in [9.17, 15) is 0 Å². The molecule has 2 aromatic carbocycles. The van der Waals surface area contributed by atoms with Gasteiger partial charge in [-0.2, -0.15) is 0 Å². The van der Waals surface area contributed by atoms with E-state index in [1.165, 1.54) is 5.56 Å². The molecule has 4 N–H and O–H groups in total. The molecule has 2 nitrogen and oxygen atoms in total. The van der Waals surface area contributed by atoms with Crippen LogP contribution in [0.1, 0.15) is 5.56 Å². The van der Waals surface area contributed by atoms with Crippen LogP contribution < -0.4 is 11.5 Å². The number of benzene rings is 2. The summed E-state index contributed by atoms with van der Waals surface area (Å²) >= 11 is 0. The van der Waals surface area contributed by atoms with Crippen LogP contribution in [0, 0.1) is 6.92 Å². The van der Waals surface area contributed by atoms with Gasteiger partial charge in [0.2, 0.25) is 0 Å². The van der Waals surface area contributed by atoms with Crippen LogP contribution in [0.15, 0.2) is 42.5 Å². The normalized spacial score (nSPS) is 9.56. The van der Waals surface area contributed by atoms with Gasteiger partial charge in [-0.15, -0.1) is 12.4 Å². The van der Waals surface area contributed by atoms with Gasteiger partial charge in [0.05, 0.1) is 0 Å². The zero-order chi connectivity index (χ0) is 10.8. The van der Waals surface area contributed by atoms with Gasteiger partial charge >= 0.3 is 0 Å². The molecule has 16 heavy (non-hydrogen) atoms. The van der Waals surface area contributed by atoms with Gasteiger partial charge in [0.25, 0.3) is 0 Å². The minimum absolute atomic E-state index is 0. The van der Waals surface area contributed by atoms with E-state index in [2.05, 4.69) is 31.2 Å². The number of hydrogen-bond acceptors (Lipinski definition) is 2. The third kappa shape index (κ3) is 2.47. The van der Waals surface area contributed by atoms with Gasteiger partial charge in [-0.3, -0.25) is 0 Å². The van der Waals surface area contributed by atoms with E-state index in [0.29, 0.717) is 5.69 Å². The van der Waals surface area contributed by atoms with Gasteiger partial charge < -0.3 is 11.5 Å². The van der Waals surface area contributed by atoms with E-state index in [-0.39, 0.29) is 12.4 Å². The lowest BCUT2D eigenvalue weighted by Crippen LogP contribution is -1.93. The van der Waals surface area contributed by atoms with Crippen molar-refractivity contribution >= 4 is 23.8 Å². The molecule has 0 spiro atoms. The average Bonchev–Trinajstić information content (AvgIpc) is 2.20. The summed E-state index contributed by atoms with van der Waals surface area (Å²) in [5, 5.41) is 0. The molecular formula is C13H15ClN2. The standard InChI is InChI=1S/C13H14N2.ClH/c1-9-2-4-10(5-3-9)12-7-6-11(14)8-13(12)15;/h2-8H,14-15H2,1H3;1H. The van der Waals surface area contributed by atoms with Gasteiger partial charge in [-0.1, -0.05) is 35.9 Å². The molecule has 0 unspecified atom stereocenters. The molecule has 0 bridgehead atoms. The lowest BCUT2D eigenvalue weighted by atomic mass is 10.0.